The molecule has 2 amide bonds. The molecule has 1 aliphatic heterocycles. The Morgan fingerprint density at radius 3 is 2.45 bits per heavy atom. The molecule has 0 aromatic rings. The molecule has 116 valence electrons. The predicted molar refractivity (Wildman–Crippen MR) is 78.4 cm³/mol. The summed E-state index contributed by atoms with van der Waals surface area (Å²) in [5.74, 6) is 0.510. The maximum Gasteiger partial charge on any atom is 0.410 e. The number of likely N-dealkylation sites (N-methyl/N-ethyl adjacent to an activating group) is 1. The molecule has 1 saturated heterocycles. The highest BCUT2D eigenvalue weighted by Crippen LogP contribution is 2.18. The molecular formula is C15H28N2O3. The van der Waals surface area contributed by atoms with Gasteiger partial charge in [0.15, 0.2) is 0 Å². The molecule has 0 saturated carbocycles. The van der Waals surface area contributed by atoms with Crippen molar-refractivity contribution in [2.75, 3.05) is 26.2 Å². The quantitative estimate of drug-likeness (QED) is 0.778. The summed E-state index contributed by atoms with van der Waals surface area (Å²) in [6, 6.07) is 0.0855. The number of likely N-dealkylation sites (tertiary alicyclic amines) is 1. The number of ether oxygens (including phenoxy) is 1. The topological polar surface area (TPSA) is 49.9 Å². The first-order valence-corrected chi connectivity index (χ1v) is 7.59. The number of rotatable bonds is 5. The van der Waals surface area contributed by atoms with Crippen molar-refractivity contribution in [1.82, 2.24) is 9.80 Å². The van der Waals surface area contributed by atoms with Crippen molar-refractivity contribution in [3.05, 3.63) is 0 Å². The smallest absolute Gasteiger partial charge is 0.410 e. The number of carbonyl (C=O) groups is 2. The normalized spacial score (nSPS) is 18.8. The third kappa shape index (κ3) is 4.39. The van der Waals surface area contributed by atoms with Crippen LogP contribution in [0.3, 0.4) is 0 Å². The van der Waals surface area contributed by atoms with E-state index in [-0.39, 0.29) is 24.0 Å². The van der Waals surface area contributed by atoms with Crippen LogP contribution in [0.2, 0.25) is 0 Å². The van der Waals surface area contributed by atoms with Gasteiger partial charge in [0.2, 0.25) is 5.91 Å². The summed E-state index contributed by atoms with van der Waals surface area (Å²) in [5, 5.41) is 0. The lowest BCUT2D eigenvalue weighted by Gasteiger charge is -2.27. The van der Waals surface area contributed by atoms with Crippen LogP contribution in [-0.4, -0.2) is 54.1 Å². The maximum absolute atomic E-state index is 12.1. The van der Waals surface area contributed by atoms with E-state index in [0.29, 0.717) is 25.6 Å². The number of hydrogen-bond acceptors (Lipinski definition) is 3. The SMILES string of the molecule is CCN(C(=O)OCC(C)C)C1CCN(C(=O)C(C)C)C1. The Bertz CT molecular complexity index is 342. The summed E-state index contributed by atoms with van der Waals surface area (Å²) in [6.45, 7) is 12.2. The molecule has 1 atom stereocenters. The van der Waals surface area contributed by atoms with E-state index in [1.54, 1.807) is 4.90 Å². The van der Waals surface area contributed by atoms with E-state index in [4.69, 9.17) is 4.74 Å². The molecule has 0 aromatic carbocycles. The molecule has 0 aliphatic carbocycles. The van der Waals surface area contributed by atoms with E-state index >= 15 is 0 Å². The van der Waals surface area contributed by atoms with Gasteiger partial charge in [-0.2, -0.15) is 0 Å². The van der Waals surface area contributed by atoms with Crippen LogP contribution in [0.1, 0.15) is 41.0 Å². The van der Waals surface area contributed by atoms with Gasteiger partial charge in [0.05, 0.1) is 12.6 Å². The number of hydrogen-bond donors (Lipinski definition) is 0. The lowest BCUT2D eigenvalue weighted by molar-refractivity contribution is -0.133. The Kier molecular flexibility index (Phi) is 6.30. The first-order chi connectivity index (χ1) is 9.36. The molecule has 1 heterocycles. The Balaban J connectivity index is 2.55. The van der Waals surface area contributed by atoms with Crippen LogP contribution in [0.4, 0.5) is 4.79 Å². The number of carbonyl (C=O) groups excluding carboxylic acids is 2. The Morgan fingerprint density at radius 1 is 1.30 bits per heavy atom. The van der Waals surface area contributed by atoms with E-state index in [1.165, 1.54) is 0 Å². The molecule has 1 unspecified atom stereocenters. The van der Waals surface area contributed by atoms with Crippen LogP contribution in [-0.2, 0) is 9.53 Å². The van der Waals surface area contributed by atoms with Gasteiger partial charge >= 0.3 is 6.09 Å². The highest BCUT2D eigenvalue weighted by atomic mass is 16.6. The molecule has 0 bridgehead atoms. The van der Waals surface area contributed by atoms with Gasteiger partial charge in [-0.15, -0.1) is 0 Å². The monoisotopic (exact) mass is 284 g/mol. The van der Waals surface area contributed by atoms with E-state index in [2.05, 4.69) is 0 Å². The lowest BCUT2D eigenvalue weighted by Crippen LogP contribution is -2.43. The highest BCUT2D eigenvalue weighted by Gasteiger charge is 2.33. The average molecular weight is 284 g/mol. The molecule has 0 N–H and O–H groups in total. The van der Waals surface area contributed by atoms with Crippen LogP contribution in [0.25, 0.3) is 0 Å². The first-order valence-electron chi connectivity index (χ1n) is 7.59. The average Bonchev–Trinajstić information content (AvgIpc) is 2.85. The second-order valence-electron chi connectivity index (χ2n) is 6.14. The minimum atomic E-state index is -0.259. The van der Waals surface area contributed by atoms with Gasteiger partial charge in [-0.1, -0.05) is 27.7 Å². The second-order valence-corrected chi connectivity index (χ2v) is 6.14. The van der Waals surface area contributed by atoms with Gasteiger partial charge in [0.1, 0.15) is 0 Å². The predicted octanol–water partition coefficient (Wildman–Crippen LogP) is 2.36. The van der Waals surface area contributed by atoms with Gasteiger partial charge in [-0.3, -0.25) is 4.79 Å². The molecular weight excluding hydrogens is 256 g/mol. The third-order valence-electron chi connectivity index (χ3n) is 3.53. The fraction of sp³-hybridized carbons (Fsp3) is 0.867. The summed E-state index contributed by atoms with van der Waals surface area (Å²) in [7, 11) is 0. The van der Waals surface area contributed by atoms with Crippen LogP contribution >= 0.6 is 0 Å². The van der Waals surface area contributed by atoms with Crippen molar-refractivity contribution in [3.8, 4) is 0 Å². The zero-order chi connectivity index (χ0) is 15.3. The first kappa shape index (κ1) is 16.8. The minimum Gasteiger partial charge on any atom is -0.449 e. The van der Waals surface area contributed by atoms with Gasteiger partial charge in [0.25, 0.3) is 0 Å². The standard InChI is InChI=1S/C15H28N2O3/c1-6-17(15(19)20-10-11(2)3)13-7-8-16(9-13)14(18)12(4)5/h11-13H,6-10H2,1-5H3. The zero-order valence-corrected chi connectivity index (χ0v) is 13.4. The van der Waals surface area contributed by atoms with Gasteiger partial charge in [0, 0.05) is 25.6 Å². The Hall–Kier alpha value is -1.26. The van der Waals surface area contributed by atoms with E-state index in [9.17, 15) is 9.59 Å². The molecule has 1 aliphatic rings. The largest absolute Gasteiger partial charge is 0.449 e. The van der Waals surface area contributed by atoms with Gasteiger partial charge in [-0.05, 0) is 19.3 Å². The number of nitrogens with zero attached hydrogens (tertiary/aromatic N) is 2. The molecule has 5 heteroatoms. The van der Waals surface area contributed by atoms with Crippen molar-refractivity contribution in [2.24, 2.45) is 11.8 Å². The molecule has 0 spiro atoms. The van der Waals surface area contributed by atoms with Crippen LogP contribution in [0.5, 0.6) is 0 Å². The molecule has 1 rings (SSSR count). The van der Waals surface area contributed by atoms with Crippen LogP contribution < -0.4 is 0 Å². The van der Waals surface area contributed by atoms with Crippen molar-refractivity contribution < 1.29 is 14.3 Å². The van der Waals surface area contributed by atoms with Crippen LogP contribution in [0.15, 0.2) is 0 Å². The van der Waals surface area contributed by atoms with Crippen molar-refractivity contribution in [2.45, 2.75) is 47.1 Å². The molecule has 1 fully saturated rings. The summed E-state index contributed by atoms with van der Waals surface area (Å²) in [6.07, 6.45) is 0.577. The lowest BCUT2D eigenvalue weighted by atomic mass is 10.2. The Morgan fingerprint density at radius 2 is 1.95 bits per heavy atom. The molecule has 20 heavy (non-hydrogen) atoms. The van der Waals surface area contributed by atoms with E-state index < -0.39 is 0 Å². The summed E-state index contributed by atoms with van der Waals surface area (Å²) >= 11 is 0. The third-order valence-corrected chi connectivity index (χ3v) is 3.53. The molecule has 5 nitrogen and oxygen atoms in total. The van der Waals surface area contributed by atoms with E-state index in [0.717, 1.165) is 13.0 Å². The van der Waals surface area contributed by atoms with Crippen LogP contribution in [0, 0.1) is 11.8 Å². The van der Waals surface area contributed by atoms with Crippen molar-refractivity contribution in [3.63, 3.8) is 0 Å². The highest BCUT2D eigenvalue weighted by molar-refractivity contribution is 5.78. The number of amides is 2. The zero-order valence-electron chi connectivity index (χ0n) is 13.4. The van der Waals surface area contributed by atoms with Crippen molar-refractivity contribution in [1.29, 1.82) is 0 Å². The van der Waals surface area contributed by atoms with Gasteiger partial charge < -0.3 is 14.5 Å². The summed E-state index contributed by atoms with van der Waals surface area (Å²) in [4.78, 5) is 27.7. The second kappa shape index (κ2) is 7.50. The summed E-state index contributed by atoms with van der Waals surface area (Å²) in [5.41, 5.74) is 0. The summed E-state index contributed by atoms with van der Waals surface area (Å²) < 4.78 is 5.30. The Labute approximate surface area is 122 Å². The maximum atomic E-state index is 12.1. The molecule has 0 radical (unpaired) electrons. The van der Waals surface area contributed by atoms with Gasteiger partial charge in [-0.25, -0.2) is 4.79 Å². The fourth-order valence-corrected chi connectivity index (χ4v) is 2.42. The fourth-order valence-electron chi connectivity index (χ4n) is 2.42. The van der Waals surface area contributed by atoms with Crippen molar-refractivity contribution >= 4 is 12.0 Å². The molecule has 0 aromatic heterocycles. The minimum absolute atomic E-state index is 0.0109. The van der Waals surface area contributed by atoms with E-state index in [1.807, 2.05) is 39.5 Å².